The molecule has 0 spiro atoms. The molecule has 0 bridgehead atoms. The topological polar surface area (TPSA) is 70.7 Å². The summed E-state index contributed by atoms with van der Waals surface area (Å²) in [6.45, 7) is 4.38. The highest BCUT2D eigenvalue weighted by Gasteiger charge is 2.24. The Morgan fingerprint density at radius 2 is 2.15 bits per heavy atom. The molecule has 0 unspecified atom stereocenters. The Morgan fingerprint density at radius 1 is 1.40 bits per heavy atom. The highest BCUT2D eigenvalue weighted by atomic mass is 16.3. The van der Waals surface area contributed by atoms with Crippen molar-refractivity contribution >= 4 is 11.4 Å². The van der Waals surface area contributed by atoms with Gasteiger partial charge in [0.05, 0.1) is 30.1 Å². The van der Waals surface area contributed by atoms with Crippen molar-refractivity contribution in [1.29, 1.82) is 0 Å². The third-order valence-corrected chi connectivity index (χ3v) is 3.54. The lowest BCUT2D eigenvalue weighted by atomic mass is 10.1. The van der Waals surface area contributed by atoms with Crippen LogP contribution in [0.4, 0.5) is 0 Å². The Balaban J connectivity index is 2.36. The smallest absolute Gasteiger partial charge is 0.258 e. The van der Waals surface area contributed by atoms with E-state index in [2.05, 4.69) is 10.1 Å². The number of carbonyl (C=O) groups is 1. The van der Waals surface area contributed by atoms with Gasteiger partial charge in [0.15, 0.2) is 0 Å². The number of hydrogen-bond donors (Lipinski definition) is 1. The number of nitrogens with zero attached hydrogens (tertiary/aromatic N) is 4. The fourth-order valence-electron chi connectivity index (χ4n) is 2.44. The summed E-state index contributed by atoms with van der Waals surface area (Å²) >= 11 is 0. The lowest BCUT2D eigenvalue weighted by Gasteiger charge is -2.29. The zero-order chi connectivity index (χ0) is 14.5. The lowest BCUT2D eigenvalue weighted by molar-refractivity contribution is 0.0624. The Labute approximate surface area is 118 Å². The van der Waals surface area contributed by atoms with Gasteiger partial charge in [0, 0.05) is 25.0 Å². The molecule has 2 aromatic rings. The molecule has 0 saturated carbocycles. The van der Waals surface area contributed by atoms with Gasteiger partial charge in [-0.1, -0.05) is 13.8 Å². The molecule has 2 heterocycles. The second-order valence-corrected chi connectivity index (χ2v) is 4.66. The standard InChI is InChI=1S/C14H20N4O2/c1-3-11(4-2)17(7-8-19)14(20)12-9-16-18-6-5-15-10-13(12)18/h5-6,9-11,19H,3-4,7-8H2,1-2H3. The highest BCUT2D eigenvalue weighted by Crippen LogP contribution is 2.16. The highest BCUT2D eigenvalue weighted by molar-refractivity contribution is 6.00. The maximum atomic E-state index is 12.7. The van der Waals surface area contributed by atoms with Crippen LogP contribution in [0.25, 0.3) is 5.52 Å². The van der Waals surface area contributed by atoms with Gasteiger partial charge in [-0.3, -0.25) is 9.78 Å². The first kappa shape index (κ1) is 14.5. The number of aliphatic hydroxyl groups excluding tert-OH is 1. The van der Waals surface area contributed by atoms with Gasteiger partial charge in [-0.05, 0) is 12.8 Å². The first-order valence-corrected chi connectivity index (χ1v) is 6.92. The molecule has 1 N–H and O–H groups in total. The summed E-state index contributed by atoms with van der Waals surface area (Å²) in [5.41, 5.74) is 1.21. The van der Waals surface area contributed by atoms with Crippen molar-refractivity contribution in [2.24, 2.45) is 0 Å². The monoisotopic (exact) mass is 276 g/mol. The number of carbonyl (C=O) groups excluding carboxylic acids is 1. The van der Waals surface area contributed by atoms with Gasteiger partial charge >= 0.3 is 0 Å². The molecule has 0 aliphatic carbocycles. The van der Waals surface area contributed by atoms with Crippen LogP contribution in [0.1, 0.15) is 37.0 Å². The van der Waals surface area contributed by atoms with Gasteiger partial charge in [-0.25, -0.2) is 4.52 Å². The molecular weight excluding hydrogens is 256 g/mol. The van der Waals surface area contributed by atoms with Crippen LogP contribution in [0, 0.1) is 0 Å². The number of rotatable bonds is 6. The minimum Gasteiger partial charge on any atom is -0.395 e. The molecule has 108 valence electrons. The summed E-state index contributed by atoms with van der Waals surface area (Å²) in [5.74, 6) is -0.101. The average molecular weight is 276 g/mol. The first-order chi connectivity index (χ1) is 9.72. The third kappa shape index (κ3) is 2.65. The molecule has 0 fully saturated rings. The van der Waals surface area contributed by atoms with E-state index in [0.717, 1.165) is 12.8 Å². The number of aromatic nitrogens is 3. The molecule has 0 radical (unpaired) electrons. The van der Waals surface area contributed by atoms with Crippen molar-refractivity contribution in [3.8, 4) is 0 Å². The van der Waals surface area contributed by atoms with Crippen LogP contribution in [0.5, 0.6) is 0 Å². The van der Waals surface area contributed by atoms with Crippen LogP contribution < -0.4 is 0 Å². The SMILES string of the molecule is CCC(CC)N(CCO)C(=O)c1cnn2ccncc12. The molecule has 0 saturated heterocycles. The molecule has 6 heteroatoms. The predicted molar refractivity (Wildman–Crippen MR) is 75.5 cm³/mol. The first-order valence-electron chi connectivity index (χ1n) is 6.92. The minimum absolute atomic E-state index is 0.0420. The zero-order valence-corrected chi connectivity index (χ0v) is 11.9. The van der Waals surface area contributed by atoms with Crippen molar-refractivity contribution in [2.45, 2.75) is 32.7 Å². The fourth-order valence-corrected chi connectivity index (χ4v) is 2.44. The molecular formula is C14H20N4O2. The van der Waals surface area contributed by atoms with E-state index < -0.39 is 0 Å². The van der Waals surface area contributed by atoms with Gasteiger partial charge in [-0.2, -0.15) is 5.10 Å². The number of amides is 1. The van der Waals surface area contributed by atoms with Crippen LogP contribution in [0.15, 0.2) is 24.8 Å². The minimum atomic E-state index is -0.101. The molecule has 0 aliphatic rings. The quantitative estimate of drug-likeness (QED) is 0.864. The molecule has 0 aliphatic heterocycles. The summed E-state index contributed by atoms with van der Waals surface area (Å²) in [6, 6.07) is 0.126. The molecule has 0 aromatic carbocycles. The van der Waals surface area contributed by atoms with E-state index in [0.29, 0.717) is 17.6 Å². The summed E-state index contributed by atoms with van der Waals surface area (Å²) in [6.07, 6.45) is 8.25. The Bertz CT molecular complexity index is 577. The fraction of sp³-hybridized carbons (Fsp3) is 0.500. The van der Waals surface area contributed by atoms with Crippen LogP contribution in [0.3, 0.4) is 0 Å². The van der Waals surface area contributed by atoms with Crippen molar-refractivity contribution in [2.75, 3.05) is 13.2 Å². The summed E-state index contributed by atoms with van der Waals surface area (Å²) < 4.78 is 1.63. The molecule has 20 heavy (non-hydrogen) atoms. The Hall–Kier alpha value is -1.95. The van der Waals surface area contributed by atoms with Gasteiger partial charge in [-0.15, -0.1) is 0 Å². The second kappa shape index (κ2) is 6.47. The summed E-state index contributed by atoms with van der Waals surface area (Å²) in [5, 5.41) is 13.4. The molecule has 1 amide bonds. The van der Waals surface area contributed by atoms with Crippen LogP contribution in [-0.2, 0) is 0 Å². The van der Waals surface area contributed by atoms with Gasteiger partial charge in [0.1, 0.15) is 0 Å². The van der Waals surface area contributed by atoms with Crippen LogP contribution in [0.2, 0.25) is 0 Å². The van der Waals surface area contributed by atoms with E-state index in [1.165, 1.54) is 0 Å². The van der Waals surface area contributed by atoms with E-state index in [1.54, 1.807) is 34.2 Å². The summed E-state index contributed by atoms with van der Waals surface area (Å²) in [7, 11) is 0. The van der Waals surface area contributed by atoms with Crippen molar-refractivity contribution in [3.63, 3.8) is 0 Å². The molecule has 2 rings (SSSR count). The van der Waals surface area contributed by atoms with Gasteiger partial charge in [0.2, 0.25) is 0 Å². The van der Waals surface area contributed by atoms with Gasteiger partial charge in [0.25, 0.3) is 5.91 Å². The number of hydrogen-bond acceptors (Lipinski definition) is 4. The normalized spacial score (nSPS) is 11.2. The van der Waals surface area contributed by atoms with E-state index in [-0.39, 0.29) is 18.6 Å². The van der Waals surface area contributed by atoms with E-state index in [9.17, 15) is 9.90 Å². The van der Waals surface area contributed by atoms with Gasteiger partial charge < -0.3 is 10.0 Å². The van der Waals surface area contributed by atoms with E-state index in [1.807, 2.05) is 13.8 Å². The van der Waals surface area contributed by atoms with Crippen molar-refractivity contribution in [3.05, 3.63) is 30.4 Å². The van der Waals surface area contributed by atoms with Crippen LogP contribution in [-0.4, -0.2) is 49.7 Å². The molecule has 6 nitrogen and oxygen atoms in total. The molecule has 2 aromatic heterocycles. The number of fused-ring (bicyclic) bond motifs is 1. The maximum Gasteiger partial charge on any atom is 0.258 e. The van der Waals surface area contributed by atoms with Crippen molar-refractivity contribution in [1.82, 2.24) is 19.5 Å². The zero-order valence-electron chi connectivity index (χ0n) is 11.9. The Morgan fingerprint density at radius 3 is 2.80 bits per heavy atom. The van der Waals surface area contributed by atoms with E-state index in [4.69, 9.17) is 0 Å². The third-order valence-electron chi connectivity index (χ3n) is 3.54. The molecule has 0 atom stereocenters. The Kier molecular flexibility index (Phi) is 4.68. The average Bonchev–Trinajstić information content (AvgIpc) is 2.91. The predicted octanol–water partition coefficient (Wildman–Crippen LogP) is 1.35. The lowest BCUT2D eigenvalue weighted by Crippen LogP contribution is -2.41. The van der Waals surface area contributed by atoms with Crippen molar-refractivity contribution < 1.29 is 9.90 Å². The number of aliphatic hydroxyl groups is 1. The van der Waals surface area contributed by atoms with Crippen LogP contribution >= 0.6 is 0 Å². The second-order valence-electron chi connectivity index (χ2n) is 4.66. The maximum absolute atomic E-state index is 12.7. The largest absolute Gasteiger partial charge is 0.395 e. The van der Waals surface area contributed by atoms with E-state index >= 15 is 0 Å². The summed E-state index contributed by atoms with van der Waals surface area (Å²) in [4.78, 5) is 18.5.